The number of aliphatic carboxylic acids is 1. The van der Waals surface area contributed by atoms with Crippen LogP contribution in [0.5, 0.6) is 0 Å². The van der Waals surface area contributed by atoms with Crippen LogP contribution < -0.4 is 16.0 Å². The molecule has 17 heteroatoms. The van der Waals surface area contributed by atoms with Crippen LogP contribution in [-0.2, 0) is 38.3 Å². The number of carbonyl (C=O) groups is 7. The van der Waals surface area contributed by atoms with E-state index in [4.69, 9.17) is 15.8 Å². The molecule has 3 amide bonds. The summed E-state index contributed by atoms with van der Waals surface area (Å²) < 4.78 is 4.94. The number of rotatable bonds is 20. The van der Waals surface area contributed by atoms with Gasteiger partial charge in [-0.2, -0.15) is 9.58 Å². The predicted octanol–water partition coefficient (Wildman–Crippen LogP) is -2.27. The summed E-state index contributed by atoms with van der Waals surface area (Å²) in [7, 11) is 3.29. The normalized spacial score (nSPS) is 12.4. The van der Waals surface area contributed by atoms with E-state index < -0.39 is 59.4 Å². The molecule has 40 heavy (non-hydrogen) atoms. The lowest BCUT2D eigenvalue weighted by Gasteiger charge is -2.22. The second-order valence-electron chi connectivity index (χ2n) is 8.67. The number of nitrogens with zero attached hydrogens (tertiary/aromatic N) is 5. The first kappa shape index (κ1) is 35.4. The number of hydrogen-bond acceptors (Lipinski definition) is 9. The fourth-order valence-electron chi connectivity index (χ4n) is 3.19. The predicted molar refractivity (Wildman–Crippen MR) is 136 cm³/mol. The molecule has 0 aromatic carbocycles. The van der Waals surface area contributed by atoms with Crippen molar-refractivity contribution in [1.29, 1.82) is 0 Å². The summed E-state index contributed by atoms with van der Waals surface area (Å²) >= 11 is 0. The zero-order chi connectivity index (χ0) is 30.7. The van der Waals surface area contributed by atoms with Crippen molar-refractivity contribution in [2.75, 3.05) is 27.2 Å². The zero-order valence-corrected chi connectivity index (χ0v) is 22.5. The van der Waals surface area contributed by atoms with Crippen molar-refractivity contribution in [2.24, 2.45) is 0 Å². The highest BCUT2D eigenvalue weighted by atomic mass is 16.5. The van der Waals surface area contributed by atoms with Crippen molar-refractivity contribution < 1.29 is 53.0 Å². The van der Waals surface area contributed by atoms with Crippen LogP contribution in [0.15, 0.2) is 0 Å². The van der Waals surface area contributed by atoms with Crippen LogP contribution in [0.4, 0.5) is 0 Å². The number of ketones is 2. The third kappa shape index (κ3) is 15.6. The number of carboxylic acids is 1. The van der Waals surface area contributed by atoms with Crippen LogP contribution in [0.2, 0.25) is 0 Å². The first-order chi connectivity index (χ1) is 18.8. The Labute approximate surface area is 229 Å². The van der Waals surface area contributed by atoms with Crippen LogP contribution in [0, 0.1) is 0 Å². The molecule has 0 aliphatic rings. The molecule has 0 aliphatic carbocycles. The smallest absolute Gasteiger partial charge is 0.328 e. The minimum atomic E-state index is -1.56. The molecule has 0 heterocycles. The molecule has 0 aromatic rings. The Hall–Kier alpha value is -4.59. The third-order valence-corrected chi connectivity index (χ3v) is 5.05. The average Bonchev–Trinajstić information content (AvgIpc) is 2.86. The van der Waals surface area contributed by atoms with Gasteiger partial charge < -0.3 is 41.8 Å². The monoisotopic (exact) mass is 566 g/mol. The number of Topliss-reactive ketones (excluding diaryl/α,β-unsaturated/α-hetero) is 2. The Bertz CT molecular complexity index is 1050. The maximum atomic E-state index is 12.8. The Morgan fingerprint density at radius 1 is 0.800 bits per heavy atom. The molecule has 0 unspecified atom stereocenters. The van der Waals surface area contributed by atoms with Crippen molar-refractivity contribution in [2.45, 2.75) is 63.6 Å². The Kier molecular flexibility index (Phi) is 17.2. The van der Waals surface area contributed by atoms with Gasteiger partial charge in [-0.15, -0.1) is 0 Å². The molecule has 220 valence electrons. The fourth-order valence-corrected chi connectivity index (χ4v) is 3.19. The highest BCUT2D eigenvalue weighted by molar-refractivity contribution is 6.25. The second kappa shape index (κ2) is 19.5. The summed E-state index contributed by atoms with van der Waals surface area (Å²) in [6.45, 7) is 1.57. The molecule has 0 saturated heterocycles. The lowest BCUT2D eigenvalue weighted by Crippen LogP contribution is -2.52. The number of amides is 3. The SMILES string of the molecule is CCOC(=O)[C@H](CCC(=O)N[C@@H](CCC(=O)C=[N+]=[N-])C(=O)N[C@@H](CCC(=O)C=[N+]=[N-])C(=O)O)NC(=O)CN(C)C. The van der Waals surface area contributed by atoms with Gasteiger partial charge in [0.1, 0.15) is 18.1 Å². The maximum Gasteiger partial charge on any atom is 0.328 e. The summed E-state index contributed by atoms with van der Waals surface area (Å²) in [5.74, 6) is -5.88. The number of hydrogen-bond donors (Lipinski definition) is 4. The summed E-state index contributed by atoms with van der Waals surface area (Å²) in [5.41, 5.74) is 16.9. The van der Waals surface area contributed by atoms with Crippen molar-refractivity contribution in [3.05, 3.63) is 11.1 Å². The van der Waals surface area contributed by atoms with E-state index in [1.807, 2.05) is 0 Å². The number of carboxylic acid groups (broad SMARTS) is 1. The lowest BCUT2D eigenvalue weighted by molar-refractivity contribution is -0.147. The van der Waals surface area contributed by atoms with Crippen molar-refractivity contribution in [3.63, 3.8) is 0 Å². The molecule has 0 rings (SSSR count). The number of esters is 1. The Morgan fingerprint density at radius 3 is 1.77 bits per heavy atom. The molecular formula is C23H34N8O9. The molecule has 17 nitrogen and oxygen atoms in total. The van der Waals surface area contributed by atoms with E-state index in [-0.39, 0.29) is 51.7 Å². The number of carbonyl (C=O) groups excluding carboxylic acids is 6. The topological polar surface area (TPSA) is 261 Å². The molecular weight excluding hydrogens is 532 g/mol. The Morgan fingerprint density at radius 2 is 1.30 bits per heavy atom. The molecule has 0 aliphatic heterocycles. The van der Waals surface area contributed by atoms with Gasteiger partial charge in [-0.05, 0) is 40.3 Å². The van der Waals surface area contributed by atoms with Gasteiger partial charge in [-0.1, -0.05) is 0 Å². The van der Waals surface area contributed by atoms with Crippen molar-refractivity contribution in [3.8, 4) is 0 Å². The summed E-state index contributed by atoms with van der Waals surface area (Å²) in [6.07, 6.45) is -0.811. The van der Waals surface area contributed by atoms with Gasteiger partial charge in [0.05, 0.1) is 13.2 Å². The van der Waals surface area contributed by atoms with Crippen LogP contribution in [0.3, 0.4) is 0 Å². The van der Waals surface area contributed by atoms with E-state index in [1.54, 1.807) is 25.9 Å². The second-order valence-corrected chi connectivity index (χ2v) is 8.67. The highest BCUT2D eigenvalue weighted by Crippen LogP contribution is 2.06. The fraction of sp³-hybridized carbons (Fsp3) is 0.609. The van der Waals surface area contributed by atoms with Crippen LogP contribution >= 0.6 is 0 Å². The standard InChI is InChI=1S/C23H34N8O9/c1-4-40-23(39)18(29-20(35)13-31(2)3)9-10-19(34)28-16(7-5-14(32)11-26-24)21(36)30-17(22(37)38)8-6-15(33)12-27-25/h11-12,16-18H,4-10,13H2,1-3H3,(H,28,34)(H,29,35)(H,30,36)(H,37,38)/t16-,17-,18-/m0/s1. The van der Waals surface area contributed by atoms with E-state index in [1.165, 1.54) is 0 Å². The van der Waals surface area contributed by atoms with Crippen molar-refractivity contribution in [1.82, 2.24) is 20.9 Å². The van der Waals surface area contributed by atoms with E-state index in [0.29, 0.717) is 12.4 Å². The van der Waals surface area contributed by atoms with Gasteiger partial charge in [-0.3, -0.25) is 24.0 Å². The summed E-state index contributed by atoms with van der Waals surface area (Å²) in [6, 6.07) is -4.15. The van der Waals surface area contributed by atoms with Crippen molar-refractivity contribution >= 4 is 53.7 Å². The Balaban J connectivity index is 5.54. The van der Waals surface area contributed by atoms with E-state index in [9.17, 15) is 38.7 Å². The number of nitrogens with one attached hydrogen (secondary N) is 3. The molecule has 0 fully saturated rings. The molecule has 0 bridgehead atoms. The molecule has 4 N–H and O–H groups in total. The molecule has 0 radical (unpaired) electrons. The minimum Gasteiger partial charge on any atom is -0.480 e. The third-order valence-electron chi connectivity index (χ3n) is 5.05. The van der Waals surface area contributed by atoms with E-state index >= 15 is 0 Å². The van der Waals surface area contributed by atoms with Crippen LogP contribution in [0.25, 0.3) is 11.1 Å². The van der Waals surface area contributed by atoms with Gasteiger partial charge in [0, 0.05) is 19.3 Å². The average molecular weight is 567 g/mol. The maximum absolute atomic E-state index is 12.8. The number of likely N-dealkylation sites (N-methyl/N-ethyl adjacent to an activating group) is 1. The molecule has 3 atom stereocenters. The zero-order valence-electron chi connectivity index (χ0n) is 22.5. The van der Waals surface area contributed by atoms with Gasteiger partial charge >= 0.3 is 24.4 Å². The van der Waals surface area contributed by atoms with Crippen LogP contribution in [0.1, 0.15) is 45.4 Å². The number of ether oxygens (including phenoxy) is 1. The largest absolute Gasteiger partial charge is 0.480 e. The van der Waals surface area contributed by atoms with E-state index in [0.717, 1.165) is 0 Å². The van der Waals surface area contributed by atoms with Gasteiger partial charge in [0.25, 0.3) is 0 Å². The molecule has 0 aromatic heterocycles. The first-order valence-corrected chi connectivity index (χ1v) is 12.2. The van der Waals surface area contributed by atoms with Gasteiger partial charge in [-0.25, -0.2) is 9.59 Å². The van der Waals surface area contributed by atoms with Gasteiger partial charge in [0.2, 0.25) is 29.3 Å². The summed E-state index contributed by atoms with van der Waals surface area (Å²) in [5, 5.41) is 16.4. The molecule has 0 saturated carbocycles. The van der Waals surface area contributed by atoms with E-state index in [2.05, 4.69) is 25.5 Å². The minimum absolute atomic E-state index is 0.0291. The van der Waals surface area contributed by atoms with Gasteiger partial charge in [0.15, 0.2) is 0 Å². The molecule has 0 spiro atoms. The quantitative estimate of drug-likeness (QED) is 0.0531. The van der Waals surface area contributed by atoms with Crippen LogP contribution in [-0.4, -0.2) is 119 Å². The highest BCUT2D eigenvalue weighted by Gasteiger charge is 2.29. The lowest BCUT2D eigenvalue weighted by atomic mass is 10.0. The first-order valence-electron chi connectivity index (χ1n) is 12.2. The summed E-state index contributed by atoms with van der Waals surface area (Å²) in [4.78, 5) is 91.4.